The molecule has 0 radical (unpaired) electrons. The Labute approximate surface area is 247 Å². The van der Waals surface area contributed by atoms with E-state index in [-0.39, 0.29) is 6.61 Å². The average molecular weight is 591 g/mol. The number of thioether (sulfide) groups is 1. The van der Waals surface area contributed by atoms with Gasteiger partial charge in [0.2, 0.25) is 0 Å². The molecule has 3 aromatic heterocycles. The lowest BCUT2D eigenvalue weighted by Gasteiger charge is -2.40. The highest BCUT2D eigenvalue weighted by molar-refractivity contribution is 7.97. The van der Waals surface area contributed by atoms with Gasteiger partial charge in [-0.1, -0.05) is 57.3 Å². The molecule has 1 atom stereocenters. The molecule has 39 heavy (non-hydrogen) atoms. The number of benzene rings is 1. The highest BCUT2D eigenvalue weighted by atomic mass is 35.5. The van der Waals surface area contributed by atoms with Gasteiger partial charge in [0.1, 0.15) is 23.9 Å². The van der Waals surface area contributed by atoms with Crippen LogP contribution in [0.4, 0.5) is 5.82 Å². The van der Waals surface area contributed by atoms with Crippen LogP contribution in [0.5, 0.6) is 5.75 Å². The summed E-state index contributed by atoms with van der Waals surface area (Å²) in [5, 5.41) is 9.56. The van der Waals surface area contributed by atoms with Crippen molar-refractivity contribution in [3.05, 3.63) is 64.0 Å². The smallest absolute Gasteiger partial charge is 0.131 e. The van der Waals surface area contributed by atoms with Crippen molar-refractivity contribution in [1.29, 1.82) is 0 Å². The number of aryl methyl sites for hydroxylation is 1. The third-order valence-corrected chi connectivity index (χ3v) is 6.44. The topological polar surface area (TPSA) is 66.9 Å². The van der Waals surface area contributed by atoms with Crippen LogP contribution in [0.1, 0.15) is 58.6 Å². The number of hydrogen-bond acceptors (Lipinski definition) is 6. The molecule has 5 rings (SSSR count). The zero-order valence-electron chi connectivity index (χ0n) is 24.3. The Morgan fingerprint density at radius 1 is 1.08 bits per heavy atom. The number of fused-ring (bicyclic) bond motifs is 1. The first-order valence-corrected chi connectivity index (χ1v) is 15.8. The number of aromatic amines is 1. The van der Waals surface area contributed by atoms with E-state index in [4.69, 9.17) is 32.9 Å². The summed E-state index contributed by atoms with van der Waals surface area (Å²) in [4.78, 5) is 11.0. The van der Waals surface area contributed by atoms with Gasteiger partial charge in [-0.2, -0.15) is 16.9 Å². The number of ether oxygens (including phenoxy) is 1. The van der Waals surface area contributed by atoms with Gasteiger partial charge in [0.15, 0.2) is 0 Å². The van der Waals surface area contributed by atoms with Gasteiger partial charge in [-0.15, -0.1) is 0 Å². The zero-order chi connectivity index (χ0) is 28.9. The summed E-state index contributed by atoms with van der Waals surface area (Å²) in [5.41, 5.74) is 4.61. The Morgan fingerprint density at radius 3 is 2.26 bits per heavy atom. The van der Waals surface area contributed by atoms with Crippen molar-refractivity contribution >= 4 is 51.7 Å². The van der Waals surface area contributed by atoms with Crippen LogP contribution >= 0.6 is 35.0 Å². The number of anilines is 1. The van der Waals surface area contributed by atoms with Crippen LogP contribution in [0.2, 0.25) is 10.0 Å². The number of pyridine rings is 2. The minimum atomic E-state index is 0.252. The number of halogens is 2. The van der Waals surface area contributed by atoms with E-state index in [0.717, 1.165) is 40.1 Å². The van der Waals surface area contributed by atoms with Crippen LogP contribution < -0.4 is 9.64 Å². The van der Waals surface area contributed by atoms with Gasteiger partial charge in [-0.3, -0.25) is 10.1 Å². The minimum absolute atomic E-state index is 0.252. The molecule has 4 aromatic rings. The van der Waals surface area contributed by atoms with Crippen molar-refractivity contribution in [1.82, 2.24) is 20.2 Å². The zero-order valence-corrected chi connectivity index (χ0v) is 26.6. The average Bonchev–Trinajstić information content (AvgIpc) is 3.34. The first kappa shape index (κ1) is 32.7. The molecule has 0 bridgehead atoms. The predicted octanol–water partition coefficient (Wildman–Crippen LogP) is 9.23. The molecule has 1 saturated heterocycles. The van der Waals surface area contributed by atoms with Crippen LogP contribution in [-0.4, -0.2) is 45.3 Å². The quantitative estimate of drug-likeness (QED) is 0.250. The summed E-state index contributed by atoms with van der Waals surface area (Å²) < 4.78 is 5.97. The third-order valence-electron chi connectivity index (χ3n) is 5.79. The van der Waals surface area contributed by atoms with Crippen molar-refractivity contribution in [3.63, 3.8) is 0 Å². The highest BCUT2D eigenvalue weighted by Crippen LogP contribution is 2.33. The first-order valence-electron chi connectivity index (χ1n) is 13.4. The largest absolute Gasteiger partial charge is 0.489 e. The molecule has 1 aliphatic rings. The van der Waals surface area contributed by atoms with Crippen molar-refractivity contribution in [2.45, 2.75) is 67.0 Å². The second kappa shape index (κ2) is 16.6. The van der Waals surface area contributed by atoms with Gasteiger partial charge >= 0.3 is 0 Å². The number of hydrogen-bond donors (Lipinski definition) is 1. The molecule has 212 valence electrons. The van der Waals surface area contributed by atoms with Crippen molar-refractivity contribution in [2.24, 2.45) is 0 Å². The molecule has 0 amide bonds. The standard InChI is InChI=1S/C23H21Cl2N5O.C3H8.C2H6S.C2H6/c1-13-7-15(9-27-23(13)30-6-5-14(30)2)22-17-8-16(3-4-21(17)28-29-22)31-12-18-19(24)10-26-11-20(18)25;2*1-3-2;1-2/h3-4,7-11,14H,5-6,12H2,1-2H3,(H,28,29);3H2,1-2H3;1-2H3;1-2H3. The highest BCUT2D eigenvalue weighted by Gasteiger charge is 2.26. The molecule has 0 aliphatic carbocycles. The van der Waals surface area contributed by atoms with E-state index in [0.29, 0.717) is 27.4 Å². The van der Waals surface area contributed by atoms with Crippen molar-refractivity contribution < 1.29 is 4.74 Å². The van der Waals surface area contributed by atoms with E-state index in [2.05, 4.69) is 53.8 Å². The summed E-state index contributed by atoms with van der Waals surface area (Å²) in [6, 6.07) is 8.51. The van der Waals surface area contributed by atoms with E-state index in [1.54, 1.807) is 24.2 Å². The molecule has 1 unspecified atom stereocenters. The number of aromatic nitrogens is 4. The Morgan fingerprint density at radius 2 is 1.72 bits per heavy atom. The number of nitrogens with zero attached hydrogens (tertiary/aromatic N) is 4. The predicted molar refractivity (Wildman–Crippen MR) is 171 cm³/mol. The molecular weight excluding hydrogens is 549 g/mol. The van der Waals surface area contributed by atoms with Crippen molar-refractivity contribution in [2.75, 3.05) is 24.0 Å². The lowest BCUT2D eigenvalue weighted by atomic mass is 10.0. The van der Waals surface area contributed by atoms with Crippen molar-refractivity contribution in [3.8, 4) is 17.0 Å². The maximum absolute atomic E-state index is 6.20. The number of nitrogens with one attached hydrogen (secondary N) is 1. The lowest BCUT2D eigenvalue weighted by Crippen LogP contribution is -2.46. The Hall–Kier alpha value is -2.48. The monoisotopic (exact) mass is 589 g/mol. The number of rotatable bonds is 5. The molecule has 4 heterocycles. The summed E-state index contributed by atoms with van der Waals surface area (Å²) in [6.07, 6.45) is 11.6. The molecule has 1 N–H and O–H groups in total. The second-order valence-corrected chi connectivity index (χ2v) is 10.6. The van der Waals surface area contributed by atoms with E-state index in [1.165, 1.54) is 12.8 Å². The van der Waals surface area contributed by atoms with Crippen LogP contribution in [-0.2, 0) is 6.61 Å². The molecule has 1 aromatic carbocycles. The lowest BCUT2D eigenvalue weighted by molar-refractivity contribution is 0.306. The van der Waals surface area contributed by atoms with Crippen LogP contribution in [0.25, 0.3) is 22.2 Å². The third kappa shape index (κ3) is 8.50. The molecule has 0 spiro atoms. The number of H-pyrrole nitrogens is 1. The fourth-order valence-corrected chi connectivity index (χ4v) is 4.34. The fraction of sp³-hybridized carbons (Fsp3) is 0.433. The molecule has 9 heteroatoms. The Kier molecular flexibility index (Phi) is 13.9. The van der Waals surface area contributed by atoms with Crippen LogP contribution in [0.15, 0.2) is 42.9 Å². The first-order chi connectivity index (χ1) is 18.8. The summed E-state index contributed by atoms with van der Waals surface area (Å²) >= 11 is 14.1. The second-order valence-electron chi connectivity index (χ2n) is 8.96. The van der Waals surface area contributed by atoms with Crippen LogP contribution in [0.3, 0.4) is 0 Å². The summed E-state index contributed by atoms with van der Waals surface area (Å²) in [5.74, 6) is 1.76. The van der Waals surface area contributed by atoms with Gasteiger partial charge in [0.05, 0.1) is 15.6 Å². The van der Waals surface area contributed by atoms with Gasteiger partial charge in [-0.25, -0.2) is 4.98 Å². The van der Waals surface area contributed by atoms with Gasteiger partial charge in [-0.05, 0) is 62.6 Å². The van der Waals surface area contributed by atoms with E-state index in [9.17, 15) is 0 Å². The van der Waals surface area contributed by atoms with E-state index in [1.807, 2.05) is 50.8 Å². The SMILES string of the molecule is CC.CCC.CSC.Cc1cc(-c2n[nH]c3ccc(OCc4c(Cl)cncc4Cl)cc23)cnc1N1CCC1C. The summed E-state index contributed by atoms with van der Waals surface area (Å²) in [6.45, 7) is 13.9. The Bertz CT molecular complexity index is 1290. The van der Waals surface area contributed by atoms with Gasteiger partial charge in [0, 0.05) is 47.7 Å². The van der Waals surface area contributed by atoms with E-state index >= 15 is 0 Å². The normalized spacial score (nSPS) is 13.7. The fourth-order valence-electron chi connectivity index (χ4n) is 3.86. The molecule has 1 fully saturated rings. The molecular formula is C30H41Cl2N5OS. The van der Waals surface area contributed by atoms with Gasteiger partial charge < -0.3 is 9.64 Å². The van der Waals surface area contributed by atoms with Crippen LogP contribution in [0, 0.1) is 6.92 Å². The molecule has 0 saturated carbocycles. The maximum Gasteiger partial charge on any atom is 0.131 e. The Balaban J connectivity index is 0.000000602. The molecule has 1 aliphatic heterocycles. The molecule has 6 nitrogen and oxygen atoms in total. The minimum Gasteiger partial charge on any atom is -0.489 e. The van der Waals surface area contributed by atoms with Gasteiger partial charge in [0.25, 0.3) is 0 Å². The summed E-state index contributed by atoms with van der Waals surface area (Å²) in [7, 11) is 0. The van der Waals surface area contributed by atoms with E-state index < -0.39 is 0 Å². The maximum atomic E-state index is 6.20.